The van der Waals surface area contributed by atoms with E-state index in [1.54, 1.807) is 42.5 Å². The van der Waals surface area contributed by atoms with Crippen LogP contribution in [0.3, 0.4) is 0 Å². The lowest BCUT2D eigenvalue weighted by Gasteiger charge is -2.12. The molecule has 0 aliphatic heterocycles. The van der Waals surface area contributed by atoms with E-state index in [0.29, 0.717) is 39.0 Å². The van der Waals surface area contributed by atoms with Gasteiger partial charge >= 0.3 is 0 Å². The molecule has 156 valence electrons. The second kappa shape index (κ2) is 8.97. The van der Waals surface area contributed by atoms with Crippen molar-refractivity contribution in [2.75, 3.05) is 19.5 Å². The highest BCUT2D eigenvalue weighted by Crippen LogP contribution is 2.34. The summed E-state index contributed by atoms with van der Waals surface area (Å²) in [5.74, 6) is 0.400. The van der Waals surface area contributed by atoms with Crippen LogP contribution in [-0.4, -0.2) is 25.1 Å². The Kier molecular flexibility index (Phi) is 5.95. The average molecular weight is 434 g/mol. The summed E-state index contributed by atoms with van der Waals surface area (Å²) < 4.78 is 24.6. The average Bonchev–Trinajstić information content (AvgIpc) is 3.29. The molecule has 0 saturated carbocycles. The lowest BCUT2D eigenvalue weighted by Crippen LogP contribution is -2.13. The van der Waals surface area contributed by atoms with Gasteiger partial charge in [-0.2, -0.15) is 0 Å². The number of nitrogens with one attached hydrogen (secondary N) is 1. The van der Waals surface area contributed by atoms with E-state index in [1.165, 1.54) is 31.6 Å². The van der Waals surface area contributed by atoms with Crippen LogP contribution in [0.5, 0.6) is 11.5 Å². The molecule has 0 bridgehead atoms. The number of para-hydroxylation sites is 1. The third-order valence-electron chi connectivity index (χ3n) is 4.71. The summed E-state index contributed by atoms with van der Waals surface area (Å²) in [6, 6.07) is 18.9. The topological polar surface area (TPSA) is 60.5 Å². The number of nitrogens with zero attached hydrogens (tertiary/aromatic N) is 1. The Morgan fingerprint density at radius 2 is 1.65 bits per heavy atom. The minimum absolute atomic E-state index is 0.294. The zero-order valence-electron chi connectivity index (χ0n) is 16.9. The number of benzene rings is 3. The van der Waals surface area contributed by atoms with Crippen molar-refractivity contribution in [3.05, 3.63) is 83.5 Å². The number of methoxy groups -OCH3 is 2. The van der Waals surface area contributed by atoms with Crippen molar-refractivity contribution >= 4 is 22.9 Å². The monoisotopic (exact) mass is 434 g/mol. The molecule has 1 amide bonds. The second-order valence-corrected chi connectivity index (χ2v) is 7.45. The Bertz CT molecular complexity index is 1240. The molecule has 0 atom stereocenters. The predicted octanol–water partition coefficient (Wildman–Crippen LogP) is 5.89. The number of carbonyl (C=O) groups excluding carboxylic acids is 1. The summed E-state index contributed by atoms with van der Waals surface area (Å²) in [7, 11) is 3.06. The quantitative estimate of drug-likeness (QED) is 0.411. The zero-order valence-corrected chi connectivity index (χ0v) is 17.7. The molecule has 5 nitrogen and oxygen atoms in total. The SMILES string of the molecule is COc1ccc(C(=O)Nc2ccccc2-c2csc(-c3ccccc3F)n2)cc1OC. The molecule has 0 aliphatic carbocycles. The van der Waals surface area contributed by atoms with E-state index < -0.39 is 0 Å². The zero-order chi connectivity index (χ0) is 21.8. The molecule has 1 heterocycles. The standard InChI is InChI=1S/C24H19FN2O3S/c1-29-21-12-11-15(13-22(21)30-2)23(28)26-19-10-6-4-8-17(19)20-14-31-24(27-20)16-7-3-5-9-18(16)25/h3-14H,1-2H3,(H,26,28). The normalized spacial score (nSPS) is 10.5. The Hall–Kier alpha value is -3.71. The minimum Gasteiger partial charge on any atom is -0.493 e. The van der Waals surface area contributed by atoms with Gasteiger partial charge < -0.3 is 14.8 Å². The molecule has 4 rings (SSSR count). The molecule has 0 fully saturated rings. The van der Waals surface area contributed by atoms with Crippen LogP contribution in [0.1, 0.15) is 10.4 Å². The fourth-order valence-electron chi connectivity index (χ4n) is 3.14. The van der Waals surface area contributed by atoms with Gasteiger partial charge in [-0.3, -0.25) is 4.79 Å². The van der Waals surface area contributed by atoms with Gasteiger partial charge in [-0.05, 0) is 36.4 Å². The molecule has 1 aromatic heterocycles. The minimum atomic E-state index is -0.321. The van der Waals surface area contributed by atoms with E-state index in [0.717, 1.165) is 5.56 Å². The second-order valence-electron chi connectivity index (χ2n) is 6.59. The lowest BCUT2D eigenvalue weighted by molar-refractivity contribution is 0.102. The number of rotatable bonds is 6. The van der Waals surface area contributed by atoms with E-state index >= 15 is 0 Å². The van der Waals surface area contributed by atoms with Crippen molar-refractivity contribution < 1.29 is 18.7 Å². The van der Waals surface area contributed by atoms with Crippen LogP contribution < -0.4 is 14.8 Å². The van der Waals surface area contributed by atoms with Crippen LogP contribution in [0.2, 0.25) is 0 Å². The maximum absolute atomic E-state index is 14.1. The smallest absolute Gasteiger partial charge is 0.255 e. The van der Waals surface area contributed by atoms with Crippen LogP contribution in [0.15, 0.2) is 72.1 Å². The summed E-state index contributed by atoms with van der Waals surface area (Å²) in [6.07, 6.45) is 0. The molecular weight excluding hydrogens is 415 g/mol. The lowest BCUT2D eigenvalue weighted by atomic mass is 10.1. The van der Waals surface area contributed by atoms with E-state index in [4.69, 9.17) is 9.47 Å². The molecule has 4 aromatic rings. The largest absolute Gasteiger partial charge is 0.493 e. The highest BCUT2D eigenvalue weighted by molar-refractivity contribution is 7.13. The Morgan fingerprint density at radius 1 is 0.935 bits per heavy atom. The van der Waals surface area contributed by atoms with Crippen molar-refractivity contribution in [2.45, 2.75) is 0 Å². The third-order valence-corrected chi connectivity index (χ3v) is 5.58. The van der Waals surface area contributed by atoms with E-state index in [1.807, 2.05) is 23.6 Å². The van der Waals surface area contributed by atoms with Gasteiger partial charge in [0.15, 0.2) is 11.5 Å². The maximum Gasteiger partial charge on any atom is 0.255 e. The molecule has 0 unspecified atom stereocenters. The summed E-state index contributed by atoms with van der Waals surface area (Å²) >= 11 is 1.35. The van der Waals surface area contributed by atoms with E-state index in [2.05, 4.69) is 10.3 Å². The maximum atomic E-state index is 14.1. The summed E-state index contributed by atoms with van der Waals surface area (Å²) in [4.78, 5) is 17.5. The first-order valence-corrected chi connectivity index (χ1v) is 10.3. The van der Waals surface area contributed by atoms with Crippen LogP contribution >= 0.6 is 11.3 Å². The van der Waals surface area contributed by atoms with Crippen molar-refractivity contribution in [3.63, 3.8) is 0 Å². The first kappa shape index (κ1) is 20.6. The van der Waals surface area contributed by atoms with Gasteiger partial charge in [0.1, 0.15) is 10.8 Å². The van der Waals surface area contributed by atoms with Gasteiger partial charge in [0.2, 0.25) is 0 Å². The van der Waals surface area contributed by atoms with E-state index in [-0.39, 0.29) is 11.7 Å². The molecule has 1 N–H and O–H groups in total. The third kappa shape index (κ3) is 4.27. The first-order valence-electron chi connectivity index (χ1n) is 9.44. The van der Waals surface area contributed by atoms with Gasteiger partial charge in [-0.1, -0.05) is 30.3 Å². The number of hydrogen-bond donors (Lipinski definition) is 1. The highest BCUT2D eigenvalue weighted by atomic mass is 32.1. The van der Waals surface area contributed by atoms with Crippen molar-refractivity contribution in [1.82, 2.24) is 4.98 Å². The number of ether oxygens (including phenoxy) is 2. The van der Waals surface area contributed by atoms with Crippen molar-refractivity contribution in [1.29, 1.82) is 0 Å². The van der Waals surface area contributed by atoms with Crippen molar-refractivity contribution in [2.24, 2.45) is 0 Å². The van der Waals surface area contributed by atoms with Crippen LogP contribution in [0.4, 0.5) is 10.1 Å². The molecule has 0 aliphatic rings. The van der Waals surface area contributed by atoms with Gasteiger partial charge in [0, 0.05) is 22.1 Å². The number of carbonyl (C=O) groups is 1. The van der Waals surface area contributed by atoms with Gasteiger partial charge in [-0.15, -0.1) is 11.3 Å². The predicted molar refractivity (Wildman–Crippen MR) is 120 cm³/mol. The van der Waals surface area contributed by atoms with Crippen molar-refractivity contribution in [3.8, 4) is 33.3 Å². The van der Waals surface area contributed by atoms with Crippen LogP contribution in [0, 0.1) is 5.82 Å². The van der Waals surface area contributed by atoms with Gasteiger partial charge in [0.25, 0.3) is 5.91 Å². The van der Waals surface area contributed by atoms with E-state index in [9.17, 15) is 9.18 Å². The number of amides is 1. The molecule has 0 radical (unpaired) electrons. The molecule has 0 spiro atoms. The molecule has 31 heavy (non-hydrogen) atoms. The fourth-order valence-corrected chi connectivity index (χ4v) is 3.99. The Labute approximate surface area is 183 Å². The van der Waals surface area contributed by atoms with Crippen LogP contribution in [0.25, 0.3) is 21.8 Å². The van der Waals surface area contributed by atoms with Gasteiger partial charge in [-0.25, -0.2) is 9.37 Å². The first-order chi connectivity index (χ1) is 15.1. The summed E-state index contributed by atoms with van der Waals surface area (Å²) in [6.45, 7) is 0. The number of aromatic nitrogens is 1. The molecule has 3 aromatic carbocycles. The number of anilines is 1. The molecular formula is C24H19FN2O3S. The van der Waals surface area contributed by atoms with Crippen LogP contribution in [-0.2, 0) is 0 Å². The van der Waals surface area contributed by atoms with Gasteiger partial charge in [0.05, 0.1) is 25.6 Å². The summed E-state index contributed by atoms with van der Waals surface area (Å²) in [5.41, 5.74) is 2.89. The molecule has 0 saturated heterocycles. The number of hydrogen-bond acceptors (Lipinski definition) is 5. The highest BCUT2D eigenvalue weighted by Gasteiger charge is 2.16. The number of thiazole rings is 1. The molecule has 7 heteroatoms. The summed E-state index contributed by atoms with van der Waals surface area (Å²) in [5, 5.41) is 5.36. The fraction of sp³-hybridized carbons (Fsp3) is 0.0833. The number of halogens is 1. The Balaban J connectivity index is 1.63. The Morgan fingerprint density at radius 3 is 2.39 bits per heavy atom.